The molecule has 88 valence electrons. The van der Waals surface area contributed by atoms with Crippen molar-refractivity contribution in [1.82, 2.24) is 15.5 Å². The first-order valence-electron chi connectivity index (χ1n) is 4.86. The summed E-state index contributed by atoms with van der Waals surface area (Å²) in [6.07, 6.45) is 0. The Morgan fingerprint density at radius 2 is 1.87 bits per heavy atom. The quantitative estimate of drug-likeness (QED) is 0.438. The van der Waals surface area contributed by atoms with Crippen LogP contribution in [0, 0.1) is 0 Å². The van der Waals surface area contributed by atoms with Gasteiger partial charge in [-0.3, -0.25) is 14.5 Å². The second-order valence-electron chi connectivity index (χ2n) is 3.29. The van der Waals surface area contributed by atoms with E-state index in [2.05, 4.69) is 10.6 Å². The zero-order valence-electron chi connectivity index (χ0n) is 9.25. The van der Waals surface area contributed by atoms with Gasteiger partial charge in [-0.15, -0.1) is 0 Å². The highest BCUT2D eigenvalue weighted by atomic mass is 16.3. The number of aliphatic hydroxyl groups is 1. The summed E-state index contributed by atoms with van der Waals surface area (Å²) in [5.74, 6) is -0.224. The van der Waals surface area contributed by atoms with Gasteiger partial charge in [0.2, 0.25) is 11.8 Å². The summed E-state index contributed by atoms with van der Waals surface area (Å²) in [6, 6.07) is 0. The predicted molar refractivity (Wildman–Crippen MR) is 56.3 cm³/mol. The van der Waals surface area contributed by atoms with E-state index in [1.807, 2.05) is 0 Å². The molecule has 0 aliphatic carbocycles. The smallest absolute Gasteiger partial charge is 0.234 e. The molecule has 0 aromatic rings. The number of likely N-dealkylation sites (N-methyl/N-ethyl adjacent to an activating group) is 1. The van der Waals surface area contributed by atoms with Crippen LogP contribution in [0.25, 0.3) is 0 Å². The molecule has 0 fully saturated rings. The van der Waals surface area contributed by atoms with E-state index >= 15 is 0 Å². The second-order valence-corrected chi connectivity index (χ2v) is 3.29. The maximum Gasteiger partial charge on any atom is 0.234 e. The average Bonchev–Trinajstić information content (AvgIpc) is 2.12. The summed E-state index contributed by atoms with van der Waals surface area (Å²) in [6.45, 7) is 3.04. The third-order valence-electron chi connectivity index (χ3n) is 1.72. The van der Waals surface area contributed by atoms with Crippen molar-refractivity contribution in [1.29, 1.82) is 0 Å². The van der Waals surface area contributed by atoms with Crippen LogP contribution in [0.15, 0.2) is 0 Å². The number of carbonyl (C=O) groups is 2. The summed E-state index contributed by atoms with van der Waals surface area (Å²) >= 11 is 0. The lowest BCUT2D eigenvalue weighted by Gasteiger charge is -2.14. The number of aliphatic hydroxyl groups excluding tert-OH is 1. The van der Waals surface area contributed by atoms with E-state index in [9.17, 15) is 9.59 Å². The number of hydrogen-bond acceptors (Lipinski definition) is 4. The molecule has 0 heterocycles. The van der Waals surface area contributed by atoms with Crippen molar-refractivity contribution >= 4 is 11.8 Å². The Balaban J connectivity index is 3.44. The predicted octanol–water partition coefficient (Wildman–Crippen LogP) is -1.84. The van der Waals surface area contributed by atoms with Crippen LogP contribution in [0.4, 0.5) is 0 Å². The van der Waals surface area contributed by atoms with Crippen LogP contribution in [-0.4, -0.2) is 61.7 Å². The van der Waals surface area contributed by atoms with Gasteiger partial charge in [0.1, 0.15) is 0 Å². The van der Waals surface area contributed by atoms with Crippen molar-refractivity contribution in [2.45, 2.75) is 6.92 Å². The van der Waals surface area contributed by atoms with Crippen LogP contribution in [0.3, 0.4) is 0 Å². The third kappa shape index (κ3) is 9.17. The number of nitrogens with one attached hydrogen (secondary N) is 2. The van der Waals surface area contributed by atoms with Crippen LogP contribution in [0.5, 0.6) is 0 Å². The minimum absolute atomic E-state index is 0.0374. The fourth-order valence-electron chi connectivity index (χ4n) is 0.991. The molecule has 15 heavy (non-hydrogen) atoms. The average molecular weight is 217 g/mol. The molecule has 0 atom stereocenters. The lowest BCUT2D eigenvalue weighted by molar-refractivity contribution is -0.122. The second kappa shape index (κ2) is 8.19. The monoisotopic (exact) mass is 217 g/mol. The SMILES string of the molecule is CC(=O)NCCNC(=O)CN(C)CCO. The van der Waals surface area contributed by atoms with Gasteiger partial charge >= 0.3 is 0 Å². The fraction of sp³-hybridized carbons (Fsp3) is 0.778. The molecule has 3 N–H and O–H groups in total. The minimum Gasteiger partial charge on any atom is -0.395 e. The molecule has 0 aliphatic heterocycles. The normalized spacial score (nSPS) is 10.1. The standard InChI is InChI=1S/C9H19N3O3/c1-8(14)10-3-4-11-9(15)7-12(2)5-6-13/h13H,3-7H2,1-2H3,(H,10,14)(H,11,15). The molecule has 0 spiro atoms. The largest absolute Gasteiger partial charge is 0.395 e. The van der Waals surface area contributed by atoms with E-state index in [4.69, 9.17) is 5.11 Å². The topological polar surface area (TPSA) is 81.7 Å². The number of rotatable bonds is 7. The summed E-state index contributed by atoms with van der Waals surface area (Å²) in [7, 11) is 1.75. The van der Waals surface area contributed by atoms with Crippen LogP contribution >= 0.6 is 0 Å². The first-order chi connectivity index (χ1) is 7.06. The van der Waals surface area contributed by atoms with Crippen molar-refractivity contribution in [3.05, 3.63) is 0 Å². The van der Waals surface area contributed by atoms with Gasteiger partial charge in [-0.2, -0.15) is 0 Å². The van der Waals surface area contributed by atoms with E-state index in [0.717, 1.165) is 0 Å². The van der Waals surface area contributed by atoms with E-state index in [1.54, 1.807) is 11.9 Å². The molecule has 0 rings (SSSR count). The van der Waals surface area contributed by atoms with E-state index in [0.29, 0.717) is 19.6 Å². The Morgan fingerprint density at radius 3 is 2.40 bits per heavy atom. The van der Waals surface area contributed by atoms with Crippen molar-refractivity contribution in [2.75, 3.05) is 39.8 Å². The Labute approximate surface area is 89.6 Å². The van der Waals surface area contributed by atoms with Crippen LogP contribution in [0.2, 0.25) is 0 Å². The molecule has 2 amide bonds. The summed E-state index contributed by atoms with van der Waals surface area (Å²) in [4.78, 5) is 23.4. The molecule has 0 aromatic heterocycles. The minimum atomic E-state index is -0.115. The molecule has 0 bridgehead atoms. The molecule has 0 saturated heterocycles. The van der Waals surface area contributed by atoms with Gasteiger partial charge in [-0.05, 0) is 7.05 Å². The molecule has 0 radical (unpaired) electrons. The molecule has 0 aromatic carbocycles. The van der Waals surface area contributed by atoms with Gasteiger partial charge in [0.25, 0.3) is 0 Å². The van der Waals surface area contributed by atoms with Gasteiger partial charge in [-0.1, -0.05) is 0 Å². The van der Waals surface area contributed by atoms with E-state index in [-0.39, 0.29) is 25.0 Å². The van der Waals surface area contributed by atoms with Crippen LogP contribution < -0.4 is 10.6 Å². The number of nitrogens with zero attached hydrogens (tertiary/aromatic N) is 1. The van der Waals surface area contributed by atoms with E-state index < -0.39 is 0 Å². The Morgan fingerprint density at radius 1 is 1.27 bits per heavy atom. The molecular weight excluding hydrogens is 198 g/mol. The number of amides is 2. The molecular formula is C9H19N3O3. The fourth-order valence-corrected chi connectivity index (χ4v) is 0.991. The van der Waals surface area contributed by atoms with Crippen molar-refractivity contribution in [2.24, 2.45) is 0 Å². The van der Waals surface area contributed by atoms with Gasteiger partial charge < -0.3 is 15.7 Å². The van der Waals surface area contributed by atoms with Gasteiger partial charge in [0, 0.05) is 26.6 Å². The third-order valence-corrected chi connectivity index (χ3v) is 1.72. The number of hydrogen-bond donors (Lipinski definition) is 3. The maximum atomic E-state index is 11.2. The molecule has 0 aliphatic rings. The lowest BCUT2D eigenvalue weighted by Crippen LogP contribution is -2.39. The summed E-state index contributed by atoms with van der Waals surface area (Å²) in [5, 5.41) is 13.8. The Hall–Kier alpha value is -1.14. The van der Waals surface area contributed by atoms with Crippen molar-refractivity contribution < 1.29 is 14.7 Å². The zero-order valence-corrected chi connectivity index (χ0v) is 9.25. The van der Waals surface area contributed by atoms with Gasteiger partial charge in [0.05, 0.1) is 13.2 Å². The molecule has 0 unspecified atom stereocenters. The first kappa shape index (κ1) is 13.9. The Kier molecular flexibility index (Phi) is 7.57. The molecule has 6 heteroatoms. The van der Waals surface area contributed by atoms with Crippen molar-refractivity contribution in [3.8, 4) is 0 Å². The zero-order chi connectivity index (χ0) is 11.7. The van der Waals surface area contributed by atoms with Gasteiger partial charge in [-0.25, -0.2) is 0 Å². The maximum absolute atomic E-state index is 11.2. The molecule has 6 nitrogen and oxygen atoms in total. The summed E-state index contributed by atoms with van der Waals surface area (Å²) < 4.78 is 0. The Bertz CT molecular complexity index is 209. The van der Waals surface area contributed by atoms with E-state index in [1.165, 1.54) is 6.92 Å². The lowest BCUT2D eigenvalue weighted by atomic mass is 10.4. The van der Waals surface area contributed by atoms with Crippen molar-refractivity contribution in [3.63, 3.8) is 0 Å². The first-order valence-corrected chi connectivity index (χ1v) is 4.86. The highest BCUT2D eigenvalue weighted by Crippen LogP contribution is 1.79. The molecule has 0 saturated carbocycles. The highest BCUT2D eigenvalue weighted by molar-refractivity contribution is 5.78. The van der Waals surface area contributed by atoms with Gasteiger partial charge in [0.15, 0.2) is 0 Å². The highest BCUT2D eigenvalue weighted by Gasteiger charge is 2.04. The van der Waals surface area contributed by atoms with Crippen LogP contribution in [0.1, 0.15) is 6.92 Å². The number of carbonyl (C=O) groups excluding carboxylic acids is 2. The van der Waals surface area contributed by atoms with Crippen LogP contribution in [-0.2, 0) is 9.59 Å². The summed E-state index contributed by atoms with van der Waals surface area (Å²) in [5.41, 5.74) is 0.